The summed E-state index contributed by atoms with van der Waals surface area (Å²) in [4.78, 5) is 30.4. The highest BCUT2D eigenvalue weighted by molar-refractivity contribution is 5.89. The first-order valence-electron chi connectivity index (χ1n) is 14.3. The number of rotatable bonds is 8. The Morgan fingerprint density at radius 1 is 0.810 bits per heavy atom. The van der Waals surface area contributed by atoms with E-state index in [1.54, 1.807) is 38.0 Å². The standard InChI is InChI=1S/C35H37NO6/c1-35(2,3)41-34(38)42-36-19-18-31(32(22-36)39-23-26-16-17-27-11-7-8-14-29(27)20-26)30-15-9-10-25(21-30)24-40-33(37)28-12-5-4-6-13-28/h4-17,20-21,31-32H,18-19,22-24H2,1-3H3. The number of fused-ring (bicyclic) bond motifs is 1. The van der Waals surface area contributed by atoms with Gasteiger partial charge in [-0.15, -0.1) is 5.06 Å². The predicted molar refractivity (Wildman–Crippen MR) is 161 cm³/mol. The lowest BCUT2D eigenvalue weighted by Crippen LogP contribution is -2.45. The van der Waals surface area contributed by atoms with Gasteiger partial charge in [-0.25, -0.2) is 9.59 Å². The fourth-order valence-electron chi connectivity index (χ4n) is 5.15. The van der Waals surface area contributed by atoms with Gasteiger partial charge in [0.05, 0.1) is 24.8 Å². The third kappa shape index (κ3) is 7.96. The molecule has 2 atom stereocenters. The molecular weight excluding hydrogens is 530 g/mol. The van der Waals surface area contributed by atoms with Crippen molar-refractivity contribution < 1.29 is 28.6 Å². The highest BCUT2D eigenvalue weighted by Gasteiger charge is 2.34. The van der Waals surface area contributed by atoms with Crippen LogP contribution in [0.2, 0.25) is 0 Å². The fourth-order valence-corrected chi connectivity index (χ4v) is 5.15. The lowest BCUT2D eigenvalue weighted by molar-refractivity contribution is -0.179. The minimum absolute atomic E-state index is 0.0497. The van der Waals surface area contributed by atoms with Gasteiger partial charge in [-0.2, -0.15) is 0 Å². The van der Waals surface area contributed by atoms with Gasteiger partial charge >= 0.3 is 12.1 Å². The third-order valence-corrected chi connectivity index (χ3v) is 7.15. The zero-order chi connectivity index (χ0) is 29.5. The lowest BCUT2D eigenvalue weighted by Gasteiger charge is -2.37. The molecule has 1 fully saturated rings. The molecule has 42 heavy (non-hydrogen) atoms. The van der Waals surface area contributed by atoms with Crippen molar-refractivity contribution in [2.75, 3.05) is 13.1 Å². The molecule has 0 amide bonds. The van der Waals surface area contributed by atoms with Gasteiger partial charge in [-0.3, -0.25) is 0 Å². The third-order valence-electron chi connectivity index (χ3n) is 7.15. The van der Waals surface area contributed by atoms with Gasteiger partial charge in [-0.1, -0.05) is 78.9 Å². The molecule has 1 saturated heterocycles. The average molecular weight is 568 g/mol. The Hall–Kier alpha value is -4.20. The van der Waals surface area contributed by atoms with Gasteiger partial charge in [0.25, 0.3) is 0 Å². The molecule has 0 N–H and O–H groups in total. The van der Waals surface area contributed by atoms with Crippen LogP contribution in [0, 0.1) is 0 Å². The first-order valence-corrected chi connectivity index (χ1v) is 14.3. The molecule has 0 radical (unpaired) electrons. The topological polar surface area (TPSA) is 74.3 Å². The Kier molecular flexibility index (Phi) is 9.20. The Morgan fingerprint density at radius 3 is 2.33 bits per heavy atom. The Bertz CT molecular complexity index is 1510. The summed E-state index contributed by atoms with van der Waals surface area (Å²) in [5.74, 6) is -0.307. The molecule has 4 aromatic rings. The number of carbonyl (C=O) groups excluding carboxylic acids is 2. The summed E-state index contributed by atoms with van der Waals surface area (Å²) in [5.41, 5.74) is 2.93. The van der Waals surface area contributed by atoms with Gasteiger partial charge in [0.2, 0.25) is 0 Å². The normalized spacial score (nSPS) is 17.5. The van der Waals surface area contributed by atoms with Crippen LogP contribution < -0.4 is 0 Å². The maximum absolute atomic E-state index is 12.5. The molecule has 1 aliphatic heterocycles. The molecule has 2 unspecified atom stereocenters. The number of piperidine rings is 1. The molecule has 218 valence electrons. The molecule has 0 spiro atoms. The molecule has 0 saturated carbocycles. The maximum atomic E-state index is 12.5. The number of hydrogen-bond donors (Lipinski definition) is 0. The number of hydroxylamine groups is 2. The van der Waals surface area contributed by atoms with Crippen LogP contribution >= 0.6 is 0 Å². The highest BCUT2D eigenvalue weighted by atomic mass is 16.8. The van der Waals surface area contributed by atoms with Crippen molar-refractivity contribution >= 4 is 22.9 Å². The van der Waals surface area contributed by atoms with Gasteiger partial charge in [-0.05, 0) is 72.9 Å². The Morgan fingerprint density at radius 2 is 1.55 bits per heavy atom. The second-order valence-corrected chi connectivity index (χ2v) is 11.6. The molecule has 7 nitrogen and oxygen atoms in total. The summed E-state index contributed by atoms with van der Waals surface area (Å²) < 4.78 is 17.5. The number of hydrogen-bond acceptors (Lipinski definition) is 7. The molecule has 1 aliphatic rings. The Balaban J connectivity index is 1.30. The predicted octanol–water partition coefficient (Wildman–Crippen LogP) is 7.44. The molecule has 1 heterocycles. The molecular formula is C35H37NO6. The van der Waals surface area contributed by atoms with Crippen LogP contribution in [0.15, 0.2) is 97.1 Å². The number of benzene rings is 4. The average Bonchev–Trinajstić information content (AvgIpc) is 2.98. The lowest BCUT2D eigenvalue weighted by atomic mass is 9.86. The Labute approximate surface area is 246 Å². The van der Waals surface area contributed by atoms with E-state index in [0.29, 0.717) is 31.7 Å². The van der Waals surface area contributed by atoms with E-state index in [2.05, 4.69) is 42.5 Å². The van der Waals surface area contributed by atoms with E-state index in [1.807, 2.05) is 42.5 Å². The van der Waals surface area contributed by atoms with Crippen LogP contribution in [0.3, 0.4) is 0 Å². The van der Waals surface area contributed by atoms with E-state index in [9.17, 15) is 9.59 Å². The van der Waals surface area contributed by atoms with Crippen molar-refractivity contribution in [2.24, 2.45) is 0 Å². The molecule has 0 aliphatic carbocycles. The fraction of sp³-hybridized carbons (Fsp3) is 0.314. The van der Waals surface area contributed by atoms with E-state index in [0.717, 1.165) is 22.1 Å². The molecule has 0 aromatic heterocycles. The quantitative estimate of drug-likeness (QED) is 0.205. The van der Waals surface area contributed by atoms with Crippen LogP contribution in [-0.4, -0.2) is 42.0 Å². The minimum Gasteiger partial charge on any atom is -0.457 e. The van der Waals surface area contributed by atoms with E-state index in [1.165, 1.54) is 5.39 Å². The smallest absolute Gasteiger partial charge is 0.457 e. The number of ether oxygens (including phenoxy) is 3. The van der Waals surface area contributed by atoms with E-state index < -0.39 is 11.8 Å². The summed E-state index contributed by atoms with van der Waals surface area (Å²) in [7, 11) is 0. The van der Waals surface area contributed by atoms with Crippen molar-refractivity contribution in [1.82, 2.24) is 5.06 Å². The second-order valence-electron chi connectivity index (χ2n) is 11.6. The molecule has 7 heteroatoms. The van der Waals surface area contributed by atoms with Crippen LogP contribution in [0.4, 0.5) is 4.79 Å². The van der Waals surface area contributed by atoms with E-state index in [4.69, 9.17) is 19.0 Å². The number of carbonyl (C=O) groups is 2. The second kappa shape index (κ2) is 13.2. The van der Waals surface area contributed by atoms with Crippen LogP contribution in [0.5, 0.6) is 0 Å². The molecule has 4 aromatic carbocycles. The summed E-state index contributed by atoms with van der Waals surface area (Å²) >= 11 is 0. The van der Waals surface area contributed by atoms with Gasteiger partial charge in [0.15, 0.2) is 0 Å². The molecule has 5 rings (SSSR count). The zero-order valence-corrected chi connectivity index (χ0v) is 24.3. The largest absolute Gasteiger partial charge is 0.528 e. The highest BCUT2D eigenvalue weighted by Crippen LogP contribution is 2.32. The van der Waals surface area contributed by atoms with Crippen LogP contribution in [0.1, 0.15) is 60.2 Å². The first-order chi connectivity index (χ1) is 20.2. The van der Waals surface area contributed by atoms with Gasteiger partial charge in [0.1, 0.15) is 12.2 Å². The van der Waals surface area contributed by atoms with Crippen molar-refractivity contribution in [1.29, 1.82) is 0 Å². The summed E-state index contributed by atoms with van der Waals surface area (Å²) in [6, 6.07) is 31.6. The van der Waals surface area contributed by atoms with Crippen molar-refractivity contribution in [3.8, 4) is 0 Å². The van der Waals surface area contributed by atoms with E-state index >= 15 is 0 Å². The van der Waals surface area contributed by atoms with Gasteiger partial charge < -0.3 is 19.0 Å². The molecule has 0 bridgehead atoms. The number of esters is 1. The zero-order valence-electron chi connectivity index (χ0n) is 24.3. The van der Waals surface area contributed by atoms with Crippen molar-refractivity contribution in [3.63, 3.8) is 0 Å². The number of nitrogens with zero attached hydrogens (tertiary/aromatic N) is 1. The summed E-state index contributed by atoms with van der Waals surface area (Å²) in [5, 5.41) is 3.96. The summed E-state index contributed by atoms with van der Waals surface area (Å²) in [6.07, 6.45) is -0.274. The SMILES string of the molecule is CC(C)(C)OC(=O)ON1CCC(c2cccc(COC(=O)c3ccccc3)c2)C(OCc2ccc3ccccc3c2)C1. The van der Waals surface area contributed by atoms with Crippen molar-refractivity contribution in [3.05, 3.63) is 119 Å². The first kappa shape index (κ1) is 29.3. The minimum atomic E-state index is -0.726. The van der Waals surface area contributed by atoms with E-state index in [-0.39, 0.29) is 24.6 Å². The van der Waals surface area contributed by atoms with Crippen LogP contribution in [-0.2, 0) is 32.3 Å². The maximum Gasteiger partial charge on any atom is 0.528 e. The summed E-state index contributed by atoms with van der Waals surface area (Å²) in [6.45, 7) is 6.93. The van der Waals surface area contributed by atoms with Crippen LogP contribution in [0.25, 0.3) is 10.8 Å². The van der Waals surface area contributed by atoms with Gasteiger partial charge in [0, 0.05) is 12.5 Å². The monoisotopic (exact) mass is 567 g/mol. The van der Waals surface area contributed by atoms with Crippen molar-refractivity contribution in [2.45, 2.75) is 58.0 Å².